The second-order valence-electron chi connectivity index (χ2n) is 1.94. The predicted octanol–water partition coefficient (Wildman–Crippen LogP) is -0.347. The average molecular weight is 123 g/mol. The molecule has 2 N–H and O–H groups in total. The molecule has 9 heavy (non-hydrogen) atoms. The summed E-state index contributed by atoms with van der Waals surface area (Å²) >= 11 is 0. The van der Waals surface area contributed by atoms with Crippen LogP contribution in [0.5, 0.6) is 0 Å². The summed E-state index contributed by atoms with van der Waals surface area (Å²) in [6.45, 7) is 0.591. The van der Waals surface area contributed by atoms with Crippen molar-refractivity contribution < 1.29 is 4.79 Å². The minimum atomic E-state index is -0.0289. The van der Waals surface area contributed by atoms with Crippen molar-refractivity contribution in [2.45, 2.75) is 6.54 Å². The number of hydrogen-bond acceptors (Lipinski definition) is 2. The summed E-state index contributed by atoms with van der Waals surface area (Å²) < 4.78 is 0. The molecule has 1 amide bonds. The number of hydrogen-bond donors (Lipinski definition) is 2. The van der Waals surface area contributed by atoms with Crippen molar-refractivity contribution in [3.8, 4) is 0 Å². The maximum atomic E-state index is 10.8. The predicted molar refractivity (Wildman–Crippen MR) is 29.8 cm³/mol. The topological polar surface area (TPSA) is 57.8 Å². The first-order valence-electron chi connectivity index (χ1n) is 2.68. The van der Waals surface area contributed by atoms with Gasteiger partial charge in [-0.05, 0) is 0 Å². The second-order valence-corrected chi connectivity index (χ2v) is 1.94. The zero-order valence-electron chi connectivity index (χ0n) is 4.64. The second kappa shape index (κ2) is 1.34. The lowest BCUT2D eigenvalue weighted by atomic mass is 10.3. The highest BCUT2D eigenvalue weighted by Crippen LogP contribution is 2.09. The van der Waals surface area contributed by atoms with Gasteiger partial charge in [0.1, 0.15) is 0 Å². The van der Waals surface area contributed by atoms with Gasteiger partial charge in [-0.3, -0.25) is 9.89 Å². The number of H-pyrrole nitrogens is 1. The van der Waals surface area contributed by atoms with E-state index in [0.29, 0.717) is 12.1 Å². The SMILES string of the molecule is O=C1NCc2[nH]ncc21. The Morgan fingerprint density at radius 3 is 3.33 bits per heavy atom. The lowest BCUT2D eigenvalue weighted by molar-refractivity contribution is 0.0965. The van der Waals surface area contributed by atoms with Crippen LogP contribution in [0.25, 0.3) is 0 Å². The van der Waals surface area contributed by atoms with Crippen LogP contribution in [0.3, 0.4) is 0 Å². The molecule has 0 bridgehead atoms. The van der Waals surface area contributed by atoms with Crippen LogP contribution in [-0.4, -0.2) is 16.1 Å². The van der Waals surface area contributed by atoms with Crippen LogP contribution in [0.2, 0.25) is 0 Å². The first-order chi connectivity index (χ1) is 4.38. The summed E-state index contributed by atoms with van der Waals surface area (Å²) in [6.07, 6.45) is 1.54. The van der Waals surface area contributed by atoms with E-state index in [1.165, 1.54) is 6.20 Å². The molecule has 2 heterocycles. The Morgan fingerprint density at radius 1 is 1.67 bits per heavy atom. The maximum absolute atomic E-state index is 10.8. The third-order valence-electron chi connectivity index (χ3n) is 1.39. The molecule has 0 spiro atoms. The van der Waals surface area contributed by atoms with Gasteiger partial charge in [0.25, 0.3) is 5.91 Å². The van der Waals surface area contributed by atoms with Gasteiger partial charge in [0, 0.05) is 0 Å². The molecular weight excluding hydrogens is 118 g/mol. The van der Waals surface area contributed by atoms with E-state index in [9.17, 15) is 4.79 Å². The number of nitrogens with zero attached hydrogens (tertiary/aromatic N) is 1. The normalized spacial score (nSPS) is 15.3. The zero-order valence-corrected chi connectivity index (χ0v) is 4.64. The first-order valence-corrected chi connectivity index (χ1v) is 2.68. The minimum Gasteiger partial charge on any atom is -0.346 e. The lowest BCUT2D eigenvalue weighted by Gasteiger charge is -1.84. The van der Waals surface area contributed by atoms with Crippen LogP contribution in [0.1, 0.15) is 16.1 Å². The summed E-state index contributed by atoms with van der Waals surface area (Å²) in [5.41, 5.74) is 1.56. The van der Waals surface area contributed by atoms with Gasteiger partial charge in [-0.2, -0.15) is 5.10 Å². The fraction of sp³-hybridized carbons (Fsp3) is 0.200. The van der Waals surface area contributed by atoms with E-state index in [1.807, 2.05) is 0 Å². The Morgan fingerprint density at radius 2 is 2.56 bits per heavy atom. The number of amides is 1. The first kappa shape index (κ1) is 4.55. The molecule has 1 aliphatic rings. The third-order valence-corrected chi connectivity index (χ3v) is 1.39. The molecule has 0 atom stereocenters. The molecule has 0 saturated carbocycles. The van der Waals surface area contributed by atoms with Crippen LogP contribution in [-0.2, 0) is 6.54 Å². The van der Waals surface area contributed by atoms with E-state index in [-0.39, 0.29) is 5.91 Å². The number of aromatic nitrogens is 2. The molecule has 0 radical (unpaired) electrons. The van der Waals surface area contributed by atoms with Gasteiger partial charge in [-0.1, -0.05) is 0 Å². The van der Waals surface area contributed by atoms with Crippen LogP contribution < -0.4 is 5.32 Å². The molecule has 0 aromatic carbocycles. The van der Waals surface area contributed by atoms with Gasteiger partial charge >= 0.3 is 0 Å². The number of fused-ring (bicyclic) bond motifs is 1. The van der Waals surface area contributed by atoms with Gasteiger partial charge in [-0.25, -0.2) is 0 Å². The highest BCUT2D eigenvalue weighted by Gasteiger charge is 2.19. The highest BCUT2D eigenvalue weighted by atomic mass is 16.1. The van der Waals surface area contributed by atoms with Crippen molar-refractivity contribution >= 4 is 5.91 Å². The highest BCUT2D eigenvalue weighted by molar-refractivity contribution is 5.97. The van der Waals surface area contributed by atoms with Crippen LogP contribution in [0.4, 0.5) is 0 Å². The van der Waals surface area contributed by atoms with E-state index >= 15 is 0 Å². The fourth-order valence-electron chi connectivity index (χ4n) is 0.907. The zero-order chi connectivity index (χ0) is 6.27. The Hall–Kier alpha value is -1.32. The molecule has 0 fully saturated rings. The van der Waals surface area contributed by atoms with E-state index in [2.05, 4.69) is 15.5 Å². The Bertz CT molecular complexity index is 252. The van der Waals surface area contributed by atoms with E-state index in [1.54, 1.807) is 0 Å². The molecular formula is C5H5N3O. The van der Waals surface area contributed by atoms with Crippen LogP contribution >= 0.6 is 0 Å². The molecule has 1 aliphatic heterocycles. The van der Waals surface area contributed by atoms with E-state index < -0.39 is 0 Å². The fourth-order valence-corrected chi connectivity index (χ4v) is 0.907. The molecule has 0 aliphatic carbocycles. The van der Waals surface area contributed by atoms with Crippen molar-refractivity contribution in [3.63, 3.8) is 0 Å². The smallest absolute Gasteiger partial charge is 0.255 e. The molecule has 46 valence electrons. The largest absolute Gasteiger partial charge is 0.346 e. The Kier molecular flexibility index (Phi) is 0.677. The standard InChI is InChI=1S/C5H5N3O/c9-5-3-1-7-8-4(3)2-6-5/h1H,2H2,(H,6,9)(H,7,8). The van der Waals surface area contributed by atoms with Gasteiger partial charge in [0.2, 0.25) is 0 Å². The van der Waals surface area contributed by atoms with Gasteiger partial charge in [-0.15, -0.1) is 0 Å². The number of carbonyl (C=O) groups is 1. The average Bonchev–Trinajstić information content (AvgIpc) is 2.35. The van der Waals surface area contributed by atoms with Gasteiger partial charge in [0.15, 0.2) is 0 Å². The van der Waals surface area contributed by atoms with Crippen molar-refractivity contribution in [2.24, 2.45) is 0 Å². The number of nitrogens with one attached hydrogen (secondary N) is 2. The summed E-state index contributed by atoms with van der Waals surface area (Å²) in [5, 5.41) is 9.08. The molecule has 4 nitrogen and oxygen atoms in total. The van der Waals surface area contributed by atoms with Crippen molar-refractivity contribution in [2.75, 3.05) is 0 Å². The Labute approximate surface area is 51.3 Å². The molecule has 4 heteroatoms. The van der Waals surface area contributed by atoms with Crippen molar-refractivity contribution in [1.82, 2.24) is 15.5 Å². The molecule has 0 saturated heterocycles. The van der Waals surface area contributed by atoms with E-state index in [4.69, 9.17) is 0 Å². The molecule has 1 aromatic rings. The number of rotatable bonds is 0. The monoisotopic (exact) mass is 123 g/mol. The maximum Gasteiger partial charge on any atom is 0.255 e. The summed E-state index contributed by atoms with van der Waals surface area (Å²) in [6, 6.07) is 0. The summed E-state index contributed by atoms with van der Waals surface area (Å²) in [7, 11) is 0. The van der Waals surface area contributed by atoms with E-state index in [0.717, 1.165) is 5.69 Å². The summed E-state index contributed by atoms with van der Waals surface area (Å²) in [4.78, 5) is 10.8. The van der Waals surface area contributed by atoms with Gasteiger partial charge in [0.05, 0.1) is 24.0 Å². The van der Waals surface area contributed by atoms with Crippen LogP contribution in [0, 0.1) is 0 Å². The third kappa shape index (κ3) is 0.468. The Balaban J connectivity index is 2.61. The number of carbonyl (C=O) groups excluding carboxylic acids is 1. The molecule has 2 rings (SSSR count). The molecule has 0 unspecified atom stereocenters. The molecule has 1 aromatic heterocycles. The quantitative estimate of drug-likeness (QED) is 0.495. The van der Waals surface area contributed by atoms with Crippen molar-refractivity contribution in [1.29, 1.82) is 0 Å². The van der Waals surface area contributed by atoms with Crippen molar-refractivity contribution in [3.05, 3.63) is 17.5 Å². The number of aromatic amines is 1. The summed E-state index contributed by atoms with van der Waals surface area (Å²) in [5.74, 6) is -0.0289. The minimum absolute atomic E-state index is 0.0289. The van der Waals surface area contributed by atoms with Gasteiger partial charge < -0.3 is 5.32 Å². The van der Waals surface area contributed by atoms with Crippen LogP contribution in [0.15, 0.2) is 6.20 Å². The lowest BCUT2D eigenvalue weighted by Crippen LogP contribution is -2.12.